The van der Waals surface area contributed by atoms with Crippen molar-refractivity contribution in [2.24, 2.45) is 0 Å². The molecule has 0 atom stereocenters. The van der Waals surface area contributed by atoms with Crippen LogP contribution in [-0.4, -0.2) is 24.9 Å². The SMILES string of the molecule is O=C(Cc1ccc(F)cc1)NCCNC(=O)c1ccc2ccccc2c1. The molecular weight excluding hydrogens is 331 g/mol. The lowest BCUT2D eigenvalue weighted by molar-refractivity contribution is -0.120. The van der Waals surface area contributed by atoms with Crippen LogP contribution in [0.1, 0.15) is 15.9 Å². The van der Waals surface area contributed by atoms with Crippen molar-refractivity contribution in [3.8, 4) is 0 Å². The molecule has 26 heavy (non-hydrogen) atoms. The highest BCUT2D eigenvalue weighted by atomic mass is 19.1. The fourth-order valence-electron chi connectivity index (χ4n) is 2.66. The van der Waals surface area contributed by atoms with Crippen molar-refractivity contribution >= 4 is 22.6 Å². The first kappa shape index (κ1) is 17.6. The molecule has 0 aliphatic rings. The molecule has 0 unspecified atom stereocenters. The number of carbonyl (C=O) groups excluding carboxylic acids is 2. The van der Waals surface area contributed by atoms with Crippen LogP contribution in [0.4, 0.5) is 4.39 Å². The van der Waals surface area contributed by atoms with Crippen molar-refractivity contribution in [2.45, 2.75) is 6.42 Å². The Morgan fingerprint density at radius 2 is 1.50 bits per heavy atom. The second-order valence-electron chi connectivity index (χ2n) is 5.97. The van der Waals surface area contributed by atoms with E-state index in [0.29, 0.717) is 18.7 Å². The molecule has 0 radical (unpaired) electrons. The first-order valence-corrected chi connectivity index (χ1v) is 8.40. The molecule has 0 saturated heterocycles. The van der Waals surface area contributed by atoms with Gasteiger partial charge in [-0.15, -0.1) is 0 Å². The van der Waals surface area contributed by atoms with Gasteiger partial charge in [0.1, 0.15) is 5.82 Å². The topological polar surface area (TPSA) is 58.2 Å². The molecule has 0 aromatic heterocycles. The quantitative estimate of drug-likeness (QED) is 0.671. The van der Waals surface area contributed by atoms with Gasteiger partial charge < -0.3 is 10.6 Å². The molecule has 4 nitrogen and oxygen atoms in total. The van der Waals surface area contributed by atoms with Crippen LogP contribution < -0.4 is 10.6 Å². The van der Waals surface area contributed by atoms with E-state index in [4.69, 9.17) is 0 Å². The summed E-state index contributed by atoms with van der Waals surface area (Å²) in [5.41, 5.74) is 1.32. The minimum atomic E-state index is -0.328. The minimum Gasteiger partial charge on any atom is -0.354 e. The first-order chi connectivity index (χ1) is 12.6. The predicted molar refractivity (Wildman–Crippen MR) is 99.4 cm³/mol. The Labute approximate surface area is 151 Å². The van der Waals surface area contributed by atoms with E-state index in [1.807, 2.05) is 36.4 Å². The van der Waals surface area contributed by atoms with Gasteiger partial charge in [-0.25, -0.2) is 4.39 Å². The van der Waals surface area contributed by atoms with Gasteiger partial charge in [0, 0.05) is 18.7 Å². The molecule has 0 bridgehead atoms. The average Bonchev–Trinajstić information content (AvgIpc) is 2.66. The Hall–Kier alpha value is -3.21. The van der Waals surface area contributed by atoms with Gasteiger partial charge in [-0.1, -0.05) is 42.5 Å². The summed E-state index contributed by atoms with van der Waals surface area (Å²) in [7, 11) is 0. The highest BCUT2D eigenvalue weighted by Gasteiger charge is 2.07. The lowest BCUT2D eigenvalue weighted by Gasteiger charge is -2.08. The molecule has 3 aromatic carbocycles. The largest absolute Gasteiger partial charge is 0.354 e. The van der Waals surface area contributed by atoms with Crippen LogP contribution >= 0.6 is 0 Å². The number of hydrogen-bond donors (Lipinski definition) is 2. The van der Waals surface area contributed by atoms with Gasteiger partial charge in [0.25, 0.3) is 5.91 Å². The normalized spacial score (nSPS) is 10.5. The second kappa shape index (κ2) is 8.25. The highest BCUT2D eigenvalue weighted by molar-refractivity contribution is 5.98. The van der Waals surface area contributed by atoms with Crippen molar-refractivity contribution in [1.29, 1.82) is 0 Å². The zero-order valence-electron chi connectivity index (χ0n) is 14.2. The van der Waals surface area contributed by atoms with E-state index < -0.39 is 0 Å². The molecule has 2 N–H and O–H groups in total. The fraction of sp³-hybridized carbons (Fsp3) is 0.143. The number of halogens is 1. The summed E-state index contributed by atoms with van der Waals surface area (Å²) < 4.78 is 12.8. The Kier molecular flexibility index (Phi) is 5.59. The Bertz CT molecular complexity index is 923. The molecule has 132 valence electrons. The number of carbonyl (C=O) groups is 2. The highest BCUT2D eigenvalue weighted by Crippen LogP contribution is 2.15. The molecule has 3 aromatic rings. The van der Waals surface area contributed by atoms with Crippen LogP contribution in [0.15, 0.2) is 66.7 Å². The Balaban J connectivity index is 1.44. The predicted octanol–water partition coefficient (Wildman–Crippen LogP) is 3.07. The molecule has 3 rings (SSSR count). The van der Waals surface area contributed by atoms with Gasteiger partial charge in [0.2, 0.25) is 5.91 Å². The second-order valence-corrected chi connectivity index (χ2v) is 5.97. The number of nitrogens with one attached hydrogen (secondary N) is 2. The van der Waals surface area contributed by atoms with Gasteiger partial charge in [0.05, 0.1) is 6.42 Å². The summed E-state index contributed by atoms with van der Waals surface area (Å²) >= 11 is 0. The standard InChI is InChI=1S/C21H19FN2O2/c22-19-9-5-15(6-10-19)13-20(25)23-11-12-24-21(26)18-8-7-16-3-1-2-4-17(16)14-18/h1-10,14H,11-13H2,(H,23,25)(H,24,26). The summed E-state index contributed by atoms with van der Waals surface area (Å²) in [5, 5.41) is 7.61. The van der Waals surface area contributed by atoms with Crippen LogP contribution in [-0.2, 0) is 11.2 Å². The average molecular weight is 350 g/mol. The summed E-state index contributed by atoms with van der Waals surface area (Å²) in [6.45, 7) is 0.667. The number of rotatable bonds is 6. The molecule has 0 aliphatic heterocycles. The molecular formula is C21H19FN2O2. The van der Waals surface area contributed by atoms with Crippen molar-refractivity contribution in [3.63, 3.8) is 0 Å². The van der Waals surface area contributed by atoms with Gasteiger partial charge >= 0.3 is 0 Å². The van der Waals surface area contributed by atoms with Gasteiger partial charge in [-0.2, -0.15) is 0 Å². The Morgan fingerprint density at radius 1 is 0.808 bits per heavy atom. The molecule has 0 spiro atoms. The molecule has 5 heteroatoms. The van der Waals surface area contributed by atoms with Crippen molar-refractivity contribution < 1.29 is 14.0 Å². The van der Waals surface area contributed by atoms with E-state index in [2.05, 4.69) is 10.6 Å². The monoisotopic (exact) mass is 350 g/mol. The number of amides is 2. The smallest absolute Gasteiger partial charge is 0.251 e. The van der Waals surface area contributed by atoms with E-state index in [1.54, 1.807) is 18.2 Å². The van der Waals surface area contributed by atoms with Crippen LogP contribution in [0, 0.1) is 5.82 Å². The maximum atomic E-state index is 12.8. The van der Waals surface area contributed by atoms with E-state index in [0.717, 1.165) is 16.3 Å². The fourth-order valence-corrected chi connectivity index (χ4v) is 2.66. The van der Waals surface area contributed by atoms with Crippen molar-refractivity contribution in [3.05, 3.63) is 83.7 Å². The third-order valence-corrected chi connectivity index (χ3v) is 4.02. The minimum absolute atomic E-state index is 0.170. The zero-order valence-corrected chi connectivity index (χ0v) is 14.2. The van der Waals surface area contributed by atoms with Gasteiger partial charge in [-0.3, -0.25) is 9.59 Å². The summed E-state index contributed by atoms with van der Waals surface area (Å²) in [5.74, 6) is -0.675. The molecule has 0 fully saturated rings. The van der Waals surface area contributed by atoms with Crippen molar-refractivity contribution in [1.82, 2.24) is 10.6 Å². The Morgan fingerprint density at radius 3 is 2.27 bits per heavy atom. The molecule has 0 aliphatic carbocycles. The molecule has 2 amide bonds. The number of hydrogen-bond acceptors (Lipinski definition) is 2. The summed E-state index contributed by atoms with van der Waals surface area (Å²) in [6.07, 6.45) is 0.179. The van der Waals surface area contributed by atoms with Crippen LogP contribution in [0.5, 0.6) is 0 Å². The lowest BCUT2D eigenvalue weighted by Crippen LogP contribution is -2.35. The molecule has 0 saturated carbocycles. The maximum Gasteiger partial charge on any atom is 0.251 e. The van der Waals surface area contributed by atoms with Gasteiger partial charge in [0.15, 0.2) is 0 Å². The lowest BCUT2D eigenvalue weighted by atomic mass is 10.1. The van der Waals surface area contributed by atoms with Gasteiger partial charge in [-0.05, 0) is 40.6 Å². The van der Waals surface area contributed by atoms with E-state index in [-0.39, 0.29) is 24.1 Å². The third-order valence-electron chi connectivity index (χ3n) is 4.02. The zero-order chi connectivity index (χ0) is 18.4. The summed E-state index contributed by atoms with van der Waals surface area (Å²) in [6, 6.07) is 19.2. The number of benzene rings is 3. The van der Waals surface area contributed by atoms with E-state index in [9.17, 15) is 14.0 Å². The van der Waals surface area contributed by atoms with Crippen LogP contribution in [0.2, 0.25) is 0 Å². The van der Waals surface area contributed by atoms with Crippen LogP contribution in [0.25, 0.3) is 10.8 Å². The third kappa shape index (κ3) is 4.66. The molecule has 0 heterocycles. The van der Waals surface area contributed by atoms with E-state index in [1.165, 1.54) is 12.1 Å². The maximum absolute atomic E-state index is 12.8. The number of fused-ring (bicyclic) bond motifs is 1. The van der Waals surface area contributed by atoms with E-state index >= 15 is 0 Å². The van der Waals surface area contributed by atoms with Crippen molar-refractivity contribution in [2.75, 3.05) is 13.1 Å². The first-order valence-electron chi connectivity index (χ1n) is 8.40. The summed E-state index contributed by atoms with van der Waals surface area (Å²) in [4.78, 5) is 24.0. The van der Waals surface area contributed by atoms with Crippen LogP contribution in [0.3, 0.4) is 0 Å².